The molecule has 2 N–H and O–H groups in total. The van der Waals surface area contributed by atoms with Crippen LogP contribution in [0.2, 0.25) is 0 Å². The zero-order chi connectivity index (χ0) is 20.8. The van der Waals surface area contributed by atoms with E-state index in [1.54, 1.807) is 0 Å². The summed E-state index contributed by atoms with van der Waals surface area (Å²) >= 11 is 0. The molecule has 1 aliphatic heterocycles. The summed E-state index contributed by atoms with van der Waals surface area (Å²) in [5.74, 6) is 0.837. The Morgan fingerprint density at radius 2 is 1.62 bits per heavy atom. The molecule has 154 valence electrons. The second-order valence-corrected chi connectivity index (χ2v) is 12.9. The highest BCUT2D eigenvalue weighted by molar-refractivity contribution is 8.29. The molecule has 1 heterocycles. The second-order valence-electron chi connectivity index (χ2n) is 8.98. The third-order valence-electron chi connectivity index (χ3n) is 4.52. The van der Waals surface area contributed by atoms with Gasteiger partial charge in [-0.25, -0.2) is 4.79 Å². The molecule has 0 radical (unpaired) electrons. The maximum atomic E-state index is 12.2. The van der Waals surface area contributed by atoms with Gasteiger partial charge < -0.3 is 24.0 Å². The van der Waals surface area contributed by atoms with E-state index in [4.69, 9.17) is 19.1 Å². The van der Waals surface area contributed by atoms with Crippen LogP contribution in [0.25, 0.3) is 0 Å². The predicted molar refractivity (Wildman–Crippen MR) is 107 cm³/mol. The summed E-state index contributed by atoms with van der Waals surface area (Å²) in [6.45, 7) is 16.8. The molecule has 1 saturated heterocycles. The molecule has 2 atom stereocenters. The molecule has 1 aliphatic rings. The van der Waals surface area contributed by atoms with Gasteiger partial charge in [-0.2, -0.15) is 0 Å². The van der Waals surface area contributed by atoms with Crippen LogP contribution in [0.1, 0.15) is 48.5 Å². The Morgan fingerprint density at radius 3 is 2.00 bits per heavy atom. The lowest BCUT2D eigenvalue weighted by Gasteiger charge is -2.44. The number of rotatable bonds is 3. The van der Waals surface area contributed by atoms with Crippen LogP contribution in [0.3, 0.4) is 0 Å². The minimum Gasteiger partial charge on any atom is -0.460 e. The Balaban J connectivity index is 0.00000141. The SMILES string of the molecule is C[C@H]1CN(C(=O)OC(C)(C)C)C[C@@H]1COS(C)(C)C(C)(C)C.OC#CO. The largest absolute Gasteiger partial charge is 0.460 e. The van der Waals surface area contributed by atoms with Crippen LogP contribution >= 0.6 is 10.3 Å². The zero-order valence-electron chi connectivity index (χ0n) is 17.8. The van der Waals surface area contributed by atoms with Crippen molar-refractivity contribution in [2.24, 2.45) is 11.8 Å². The van der Waals surface area contributed by atoms with Crippen LogP contribution in [0.5, 0.6) is 0 Å². The molecule has 6 nitrogen and oxygen atoms in total. The van der Waals surface area contributed by atoms with Gasteiger partial charge in [-0.15, -0.1) is 10.3 Å². The summed E-state index contributed by atoms with van der Waals surface area (Å²) in [4.78, 5) is 14.0. The molecule has 0 aromatic heterocycles. The van der Waals surface area contributed by atoms with Crippen molar-refractivity contribution in [1.29, 1.82) is 0 Å². The Kier molecular flexibility index (Phi) is 9.14. The first kappa shape index (κ1) is 24.7. The van der Waals surface area contributed by atoms with E-state index in [-0.39, 0.29) is 10.8 Å². The van der Waals surface area contributed by atoms with Crippen LogP contribution in [0.4, 0.5) is 4.79 Å². The first-order chi connectivity index (χ1) is 11.6. The molecule has 26 heavy (non-hydrogen) atoms. The Hall–Kier alpha value is -1.26. The number of hydrogen-bond acceptors (Lipinski definition) is 5. The fourth-order valence-electron chi connectivity index (χ4n) is 2.16. The molecule has 0 aliphatic carbocycles. The molecule has 0 bridgehead atoms. The molecule has 0 aromatic rings. The van der Waals surface area contributed by atoms with E-state index in [2.05, 4.69) is 40.2 Å². The van der Waals surface area contributed by atoms with Crippen LogP contribution in [-0.4, -0.2) is 63.8 Å². The van der Waals surface area contributed by atoms with E-state index in [9.17, 15) is 4.79 Å². The number of carbonyl (C=O) groups excluding carboxylic acids is 1. The molecule has 1 amide bonds. The number of ether oxygens (including phenoxy) is 1. The minimum atomic E-state index is -1.11. The molecule has 0 unspecified atom stereocenters. The highest BCUT2D eigenvalue weighted by atomic mass is 32.3. The van der Waals surface area contributed by atoms with Crippen LogP contribution in [0.15, 0.2) is 0 Å². The Morgan fingerprint density at radius 1 is 1.12 bits per heavy atom. The van der Waals surface area contributed by atoms with E-state index in [1.165, 1.54) is 12.2 Å². The normalized spacial score (nSPS) is 21.2. The fraction of sp³-hybridized carbons (Fsp3) is 0.842. The molecule has 1 rings (SSSR count). The summed E-state index contributed by atoms with van der Waals surface area (Å²) in [7, 11) is -1.11. The second kappa shape index (κ2) is 9.61. The number of aliphatic hydroxyl groups excluding tert-OH is 2. The van der Waals surface area contributed by atoms with Crippen LogP contribution in [-0.2, 0) is 8.92 Å². The van der Waals surface area contributed by atoms with Crippen molar-refractivity contribution in [3.05, 3.63) is 0 Å². The first-order valence-electron chi connectivity index (χ1n) is 8.78. The molecule has 0 spiro atoms. The monoisotopic (exact) mass is 391 g/mol. The average molecular weight is 392 g/mol. The summed E-state index contributed by atoms with van der Waals surface area (Å²) < 4.78 is 11.9. The van der Waals surface area contributed by atoms with Crippen molar-refractivity contribution in [3.8, 4) is 12.2 Å². The molecule has 1 fully saturated rings. The maximum absolute atomic E-state index is 12.2. The van der Waals surface area contributed by atoms with Crippen LogP contribution < -0.4 is 0 Å². The predicted octanol–water partition coefficient (Wildman–Crippen LogP) is 3.93. The third kappa shape index (κ3) is 8.41. The summed E-state index contributed by atoms with van der Waals surface area (Å²) in [6, 6.07) is 0. The van der Waals surface area contributed by atoms with Gasteiger partial charge in [-0.05, 0) is 39.2 Å². The summed E-state index contributed by atoms with van der Waals surface area (Å²) in [5.41, 5.74) is -0.437. The van der Waals surface area contributed by atoms with Crippen molar-refractivity contribution in [2.45, 2.75) is 58.8 Å². The molecule has 0 aromatic carbocycles. The minimum absolute atomic E-state index is 0.166. The van der Waals surface area contributed by atoms with Gasteiger partial charge in [0.05, 0.1) is 6.61 Å². The van der Waals surface area contributed by atoms with Gasteiger partial charge in [0.1, 0.15) is 5.60 Å². The third-order valence-corrected chi connectivity index (χ3v) is 8.20. The van der Waals surface area contributed by atoms with E-state index in [1.807, 2.05) is 25.7 Å². The first-order valence-corrected chi connectivity index (χ1v) is 11.2. The number of likely N-dealkylation sites (tertiary alicyclic amines) is 1. The maximum Gasteiger partial charge on any atom is 0.410 e. The van der Waals surface area contributed by atoms with E-state index < -0.39 is 15.9 Å². The van der Waals surface area contributed by atoms with Crippen LogP contribution in [0, 0.1) is 24.0 Å². The molecular formula is C19H37NO5S. The molecular weight excluding hydrogens is 354 g/mol. The van der Waals surface area contributed by atoms with Crippen molar-refractivity contribution in [2.75, 3.05) is 32.2 Å². The van der Waals surface area contributed by atoms with Crippen molar-refractivity contribution in [1.82, 2.24) is 4.90 Å². The van der Waals surface area contributed by atoms with Gasteiger partial charge in [-0.3, -0.25) is 0 Å². The van der Waals surface area contributed by atoms with Crippen molar-refractivity contribution < 1.29 is 23.9 Å². The number of aliphatic hydroxyl groups is 2. The fourth-order valence-corrected chi connectivity index (χ4v) is 3.03. The number of carbonyl (C=O) groups is 1. The van der Waals surface area contributed by atoms with Gasteiger partial charge in [-0.1, -0.05) is 27.7 Å². The lowest BCUT2D eigenvalue weighted by molar-refractivity contribution is 0.0282. The van der Waals surface area contributed by atoms with E-state index >= 15 is 0 Å². The van der Waals surface area contributed by atoms with Gasteiger partial charge in [0, 0.05) is 23.8 Å². The topological polar surface area (TPSA) is 79.2 Å². The van der Waals surface area contributed by atoms with E-state index in [0.29, 0.717) is 11.8 Å². The van der Waals surface area contributed by atoms with Gasteiger partial charge in [0.25, 0.3) is 0 Å². The highest BCUT2D eigenvalue weighted by Gasteiger charge is 2.37. The number of amides is 1. The molecule has 7 heteroatoms. The lowest BCUT2D eigenvalue weighted by Crippen LogP contribution is -2.35. The lowest BCUT2D eigenvalue weighted by atomic mass is 10.00. The molecule has 0 saturated carbocycles. The quantitative estimate of drug-likeness (QED) is 0.713. The van der Waals surface area contributed by atoms with Crippen molar-refractivity contribution in [3.63, 3.8) is 0 Å². The summed E-state index contributed by atoms with van der Waals surface area (Å²) in [5, 5.41) is 14.5. The number of hydrogen-bond donors (Lipinski definition) is 2. The van der Waals surface area contributed by atoms with E-state index in [0.717, 1.165) is 19.7 Å². The van der Waals surface area contributed by atoms with Gasteiger partial charge >= 0.3 is 6.09 Å². The zero-order valence-corrected chi connectivity index (χ0v) is 18.6. The van der Waals surface area contributed by atoms with Gasteiger partial charge in [0.15, 0.2) is 12.2 Å². The standard InChI is InChI=1S/C17H35NO3S.C2H2O2/c1-13-10-18(15(19)21-16(2,3)4)11-14(13)12-20-22(8,9)17(5,6)7;3-1-2-4/h13-14H,10-12H2,1-9H3;3-4H/t13-,14+;/m0./s1. The summed E-state index contributed by atoms with van der Waals surface area (Å²) in [6.07, 6.45) is 6.71. The van der Waals surface area contributed by atoms with Gasteiger partial charge in [0.2, 0.25) is 0 Å². The average Bonchev–Trinajstić information content (AvgIpc) is 2.84. The van der Waals surface area contributed by atoms with Crippen molar-refractivity contribution >= 4 is 16.4 Å². The smallest absolute Gasteiger partial charge is 0.410 e. The Bertz CT molecular complexity index is 505. The Labute approximate surface area is 160 Å². The number of nitrogens with zero attached hydrogens (tertiary/aromatic N) is 1. The highest BCUT2D eigenvalue weighted by Crippen LogP contribution is 2.54.